The van der Waals surface area contributed by atoms with E-state index in [-0.39, 0.29) is 4.75 Å². The molecular formula is C12H16BrNO2S. The van der Waals surface area contributed by atoms with Crippen molar-refractivity contribution >= 4 is 33.5 Å². The number of nitrogens with zero attached hydrogens (tertiary/aromatic N) is 1. The summed E-state index contributed by atoms with van der Waals surface area (Å²) in [4.78, 5) is 0. The molecule has 0 radical (unpaired) electrons. The van der Waals surface area contributed by atoms with Crippen molar-refractivity contribution in [2.45, 2.75) is 25.5 Å². The van der Waals surface area contributed by atoms with Crippen molar-refractivity contribution < 1.29 is 9.29 Å². The normalized spacial score (nSPS) is 14.0. The second-order valence-corrected chi connectivity index (χ2v) is 7.28. The lowest BCUT2D eigenvalue weighted by Crippen LogP contribution is -2.25. The molecule has 0 fully saturated rings. The zero-order chi connectivity index (χ0) is 13.1. The van der Waals surface area contributed by atoms with Gasteiger partial charge in [0.2, 0.25) is 0 Å². The summed E-state index contributed by atoms with van der Waals surface area (Å²) in [5.74, 6) is 0.763. The van der Waals surface area contributed by atoms with Crippen molar-refractivity contribution in [3.8, 4) is 5.75 Å². The summed E-state index contributed by atoms with van der Waals surface area (Å²) in [5.41, 5.74) is 0.885. The Morgan fingerprint density at radius 2 is 2.06 bits per heavy atom. The fraction of sp³-hybridized carbons (Fsp3) is 0.417. The van der Waals surface area contributed by atoms with Crippen LogP contribution in [0.2, 0.25) is 0 Å². The van der Waals surface area contributed by atoms with E-state index in [1.807, 2.05) is 39.0 Å². The predicted octanol–water partition coefficient (Wildman–Crippen LogP) is 3.34. The molecule has 0 aliphatic rings. The zero-order valence-corrected chi connectivity index (χ0v) is 12.8. The Kier molecular flexibility index (Phi) is 5.04. The average molecular weight is 318 g/mol. The van der Waals surface area contributed by atoms with Crippen molar-refractivity contribution in [1.82, 2.24) is 0 Å². The van der Waals surface area contributed by atoms with E-state index in [1.165, 1.54) is 0 Å². The fourth-order valence-electron chi connectivity index (χ4n) is 1.03. The first-order valence-corrected chi connectivity index (χ1v) is 7.04. The molecule has 0 unspecified atom stereocenters. The highest BCUT2D eigenvalue weighted by atomic mass is 79.9. The van der Waals surface area contributed by atoms with Crippen LogP contribution in [0.4, 0.5) is 0 Å². The molecule has 3 nitrogen and oxygen atoms in total. The van der Waals surface area contributed by atoms with Gasteiger partial charge in [-0.15, -0.1) is 0 Å². The third-order valence-electron chi connectivity index (χ3n) is 2.00. The van der Waals surface area contributed by atoms with Crippen molar-refractivity contribution in [2.75, 3.05) is 7.11 Å². The molecule has 0 aliphatic carbocycles. The number of benzene rings is 1. The third-order valence-corrected chi connectivity index (χ3v) is 3.96. The first-order valence-electron chi connectivity index (χ1n) is 5.14. The molecule has 1 rings (SSSR count). The van der Waals surface area contributed by atoms with Crippen LogP contribution < -0.4 is 4.74 Å². The number of ether oxygens (including phenoxy) is 1. The molecule has 0 saturated heterocycles. The van der Waals surface area contributed by atoms with Gasteiger partial charge in [0.25, 0.3) is 0 Å². The number of methoxy groups -OCH3 is 1. The fourth-order valence-corrected chi connectivity index (χ4v) is 2.12. The maximum atomic E-state index is 11.7. The van der Waals surface area contributed by atoms with Gasteiger partial charge in [-0.05, 0) is 60.5 Å². The average Bonchev–Trinajstić information content (AvgIpc) is 2.24. The van der Waals surface area contributed by atoms with Crippen LogP contribution in [0.1, 0.15) is 26.3 Å². The van der Waals surface area contributed by atoms with Gasteiger partial charge in [-0.3, -0.25) is 0 Å². The molecule has 0 saturated carbocycles. The molecule has 5 heteroatoms. The van der Waals surface area contributed by atoms with Gasteiger partial charge in [-0.25, -0.2) is 0 Å². The molecule has 0 heterocycles. The number of hydrogen-bond acceptors (Lipinski definition) is 3. The van der Waals surface area contributed by atoms with Gasteiger partial charge in [0.1, 0.15) is 21.9 Å². The first-order chi connectivity index (χ1) is 7.84. The van der Waals surface area contributed by atoms with Crippen LogP contribution in [0, 0.1) is 0 Å². The molecule has 1 atom stereocenters. The minimum atomic E-state index is -1.23. The number of rotatable bonds is 3. The summed E-state index contributed by atoms with van der Waals surface area (Å²) >= 11 is 2.16. The number of hydrogen-bond donors (Lipinski definition) is 0. The van der Waals surface area contributed by atoms with Crippen LogP contribution in [0.3, 0.4) is 0 Å². The molecule has 1 aromatic rings. The Hall–Kier alpha value is -0.520. The predicted molar refractivity (Wildman–Crippen MR) is 76.2 cm³/mol. The summed E-state index contributed by atoms with van der Waals surface area (Å²) in [6.45, 7) is 5.68. The highest BCUT2D eigenvalue weighted by Crippen LogP contribution is 2.25. The lowest BCUT2D eigenvalue weighted by Gasteiger charge is -2.17. The zero-order valence-electron chi connectivity index (χ0n) is 10.4. The molecule has 0 amide bonds. The molecular weight excluding hydrogens is 302 g/mol. The van der Waals surface area contributed by atoms with Crippen LogP contribution in [0.25, 0.3) is 0 Å². The van der Waals surface area contributed by atoms with E-state index in [1.54, 1.807) is 13.3 Å². The van der Waals surface area contributed by atoms with E-state index in [0.717, 1.165) is 15.8 Å². The topological polar surface area (TPSA) is 44.6 Å². The largest absolute Gasteiger partial charge is 0.591 e. The van der Waals surface area contributed by atoms with Crippen LogP contribution in [-0.2, 0) is 11.4 Å². The van der Waals surface area contributed by atoms with E-state index in [0.29, 0.717) is 0 Å². The van der Waals surface area contributed by atoms with Gasteiger partial charge < -0.3 is 9.29 Å². The van der Waals surface area contributed by atoms with Gasteiger partial charge in [0.15, 0.2) is 0 Å². The molecule has 94 valence electrons. The van der Waals surface area contributed by atoms with E-state index in [9.17, 15) is 4.55 Å². The van der Waals surface area contributed by atoms with Crippen molar-refractivity contribution in [3.05, 3.63) is 28.2 Å². The number of halogens is 1. The van der Waals surface area contributed by atoms with Crippen molar-refractivity contribution in [2.24, 2.45) is 4.40 Å². The first kappa shape index (κ1) is 14.5. The van der Waals surface area contributed by atoms with Crippen molar-refractivity contribution in [1.29, 1.82) is 0 Å². The van der Waals surface area contributed by atoms with Gasteiger partial charge >= 0.3 is 0 Å². The Labute approximate surface area is 114 Å². The standard InChI is InChI=1S/C12H16BrNO2S/c1-12(2,3)17(15)14-8-9-5-6-11(16-4)10(13)7-9/h5-8H,1-4H3/b14-8+/t17-/m0/s1. The summed E-state index contributed by atoms with van der Waals surface area (Å²) in [7, 11) is 1.61. The smallest absolute Gasteiger partial charge is 0.144 e. The van der Waals surface area contributed by atoms with Crippen LogP contribution >= 0.6 is 15.9 Å². The lowest BCUT2D eigenvalue weighted by atomic mass is 10.2. The maximum Gasteiger partial charge on any atom is 0.144 e. The van der Waals surface area contributed by atoms with Gasteiger partial charge in [0, 0.05) is 0 Å². The molecule has 1 aromatic carbocycles. The second kappa shape index (κ2) is 5.89. The van der Waals surface area contributed by atoms with Gasteiger partial charge in [0.05, 0.1) is 17.8 Å². The minimum Gasteiger partial charge on any atom is -0.591 e. The van der Waals surface area contributed by atoms with E-state index in [4.69, 9.17) is 4.74 Å². The maximum absolute atomic E-state index is 11.7. The molecule has 17 heavy (non-hydrogen) atoms. The van der Waals surface area contributed by atoms with Crippen LogP contribution in [-0.4, -0.2) is 22.6 Å². The highest BCUT2D eigenvalue weighted by molar-refractivity contribution is 9.10. The van der Waals surface area contributed by atoms with E-state index < -0.39 is 11.4 Å². The lowest BCUT2D eigenvalue weighted by molar-refractivity contribution is 0.412. The monoisotopic (exact) mass is 317 g/mol. The Bertz CT molecular complexity index is 415. The molecule has 0 bridgehead atoms. The Morgan fingerprint density at radius 3 is 2.53 bits per heavy atom. The van der Waals surface area contributed by atoms with Crippen LogP contribution in [0.15, 0.2) is 27.1 Å². The molecule has 0 spiro atoms. The molecule has 0 aromatic heterocycles. The highest BCUT2D eigenvalue weighted by Gasteiger charge is 2.25. The Balaban J connectivity index is 2.82. The van der Waals surface area contributed by atoms with Crippen LogP contribution in [0.5, 0.6) is 5.75 Å². The van der Waals surface area contributed by atoms with E-state index in [2.05, 4.69) is 20.3 Å². The SMILES string of the molecule is COc1ccc(/C=N/[S@@+]([O-])C(C)(C)C)cc1Br. The minimum absolute atomic E-state index is 0.333. The van der Waals surface area contributed by atoms with E-state index >= 15 is 0 Å². The van der Waals surface area contributed by atoms with Crippen molar-refractivity contribution in [3.63, 3.8) is 0 Å². The summed E-state index contributed by atoms with van der Waals surface area (Å²) in [6.07, 6.45) is 1.62. The summed E-state index contributed by atoms with van der Waals surface area (Å²) < 4.78 is 21.4. The summed E-state index contributed by atoms with van der Waals surface area (Å²) in [6, 6.07) is 5.58. The molecule has 0 aliphatic heterocycles. The third kappa shape index (κ3) is 4.33. The van der Waals surface area contributed by atoms with Gasteiger partial charge in [-0.2, -0.15) is 0 Å². The van der Waals surface area contributed by atoms with Gasteiger partial charge in [-0.1, -0.05) is 4.40 Å². The quantitative estimate of drug-likeness (QED) is 0.634. The summed E-state index contributed by atoms with van der Waals surface area (Å²) in [5, 5.41) is 0. The second-order valence-electron chi connectivity index (χ2n) is 4.49. The molecule has 0 N–H and O–H groups in total. The Morgan fingerprint density at radius 1 is 1.41 bits per heavy atom.